The molecule has 0 aromatic carbocycles. The van der Waals surface area contributed by atoms with Crippen LogP contribution in [0.3, 0.4) is 0 Å². The fourth-order valence-corrected chi connectivity index (χ4v) is 4.39. The molecule has 7 nitrogen and oxygen atoms in total. The van der Waals surface area contributed by atoms with Crippen molar-refractivity contribution in [2.75, 3.05) is 22.9 Å². The third-order valence-corrected chi connectivity index (χ3v) is 5.77. The van der Waals surface area contributed by atoms with Crippen LogP contribution in [0, 0.1) is 24.2 Å². The van der Waals surface area contributed by atoms with Crippen molar-refractivity contribution in [3.05, 3.63) is 59.2 Å². The molecule has 2 aliphatic rings. The Morgan fingerprint density at radius 2 is 2.07 bits per heavy atom. The molecule has 2 aliphatic heterocycles. The SMILES string of the molecule is Cc1cc(C#N)cnc1N1CCc2ncc(N3CC(C)Cn4nccc43)cc2C1. The second-order valence-corrected chi connectivity index (χ2v) is 8.03. The summed E-state index contributed by atoms with van der Waals surface area (Å²) in [5.74, 6) is 2.60. The van der Waals surface area contributed by atoms with Gasteiger partial charge in [0.05, 0.1) is 23.6 Å². The Kier molecular flexibility index (Phi) is 4.20. The number of anilines is 3. The molecule has 29 heavy (non-hydrogen) atoms. The lowest BCUT2D eigenvalue weighted by atomic mass is 10.0. The van der Waals surface area contributed by atoms with Crippen LogP contribution in [-0.2, 0) is 19.5 Å². The predicted molar refractivity (Wildman–Crippen MR) is 111 cm³/mol. The fraction of sp³-hybridized carbons (Fsp3) is 0.364. The first-order valence-electron chi connectivity index (χ1n) is 10.0. The monoisotopic (exact) mass is 385 g/mol. The molecular formula is C22H23N7. The van der Waals surface area contributed by atoms with Gasteiger partial charge in [-0.05, 0) is 36.1 Å². The van der Waals surface area contributed by atoms with Crippen molar-refractivity contribution in [3.63, 3.8) is 0 Å². The van der Waals surface area contributed by atoms with Gasteiger partial charge in [-0.1, -0.05) is 6.92 Å². The summed E-state index contributed by atoms with van der Waals surface area (Å²) in [6, 6.07) is 8.41. The predicted octanol–water partition coefficient (Wildman–Crippen LogP) is 3.20. The van der Waals surface area contributed by atoms with Gasteiger partial charge in [0.15, 0.2) is 0 Å². The van der Waals surface area contributed by atoms with Gasteiger partial charge in [-0.15, -0.1) is 0 Å². The average Bonchev–Trinajstić information content (AvgIpc) is 3.20. The van der Waals surface area contributed by atoms with Gasteiger partial charge in [0.25, 0.3) is 0 Å². The van der Waals surface area contributed by atoms with E-state index in [1.807, 2.05) is 25.4 Å². The Balaban J connectivity index is 1.46. The third kappa shape index (κ3) is 3.11. The topological polar surface area (TPSA) is 73.9 Å². The summed E-state index contributed by atoms with van der Waals surface area (Å²) in [5, 5.41) is 13.6. The molecule has 0 amide bonds. The smallest absolute Gasteiger partial charge is 0.131 e. The molecule has 3 aromatic heterocycles. The molecule has 0 fully saturated rings. The van der Waals surface area contributed by atoms with Crippen molar-refractivity contribution in [2.45, 2.75) is 33.4 Å². The van der Waals surface area contributed by atoms with E-state index in [9.17, 15) is 0 Å². The minimum atomic E-state index is 0.528. The maximum Gasteiger partial charge on any atom is 0.131 e. The minimum Gasteiger partial charge on any atom is -0.352 e. The first-order chi connectivity index (χ1) is 14.1. The maximum atomic E-state index is 9.10. The number of nitrogens with zero attached hydrogens (tertiary/aromatic N) is 7. The number of hydrogen-bond donors (Lipinski definition) is 0. The maximum absolute atomic E-state index is 9.10. The van der Waals surface area contributed by atoms with Crippen LogP contribution in [0.25, 0.3) is 0 Å². The van der Waals surface area contributed by atoms with Crippen LogP contribution in [0.1, 0.15) is 29.3 Å². The van der Waals surface area contributed by atoms with Gasteiger partial charge in [0.2, 0.25) is 0 Å². The minimum absolute atomic E-state index is 0.528. The van der Waals surface area contributed by atoms with Crippen molar-refractivity contribution in [1.82, 2.24) is 19.7 Å². The number of rotatable bonds is 2. The molecule has 7 heteroatoms. The van der Waals surface area contributed by atoms with E-state index in [1.54, 1.807) is 6.20 Å². The highest BCUT2D eigenvalue weighted by Crippen LogP contribution is 2.33. The Hall–Kier alpha value is -3.40. The van der Waals surface area contributed by atoms with E-state index >= 15 is 0 Å². The number of pyridine rings is 2. The quantitative estimate of drug-likeness (QED) is 0.674. The largest absolute Gasteiger partial charge is 0.352 e. The lowest BCUT2D eigenvalue weighted by molar-refractivity contribution is 0.423. The second-order valence-electron chi connectivity index (χ2n) is 8.03. The zero-order chi connectivity index (χ0) is 20.0. The van der Waals surface area contributed by atoms with Crippen molar-refractivity contribution < 1.29 is 0 Å². The van der Waals surface area contributed by atoms with Crippen LogP contribution in [-0.4, -0.2) is 32.8 Å². The summed E-state index contributed by atoms with van der Waals surface area (Å²) in [4.78, 5) is 13.9. The molecule has 1 atom stereocenters. The molecule has 5 rings (SSSR count). The van der Waals surface area contributed by atoms with Crippen molar-refractivity contribution >= 4 is 17.3 Å². The Labute approximate surface area is 170 Å². The highest BCUT2D eigenvalue weighted by molar-refractivity contribution is 5.62. The van der Waals surface area contributed by atoms with Crippen molar-refractivity contribution in [3.8, 4) is 6.07 Å². The standard InChI is InChI=1S/C22H23N7/c1-15-12-28(21-3-5-26-29(21)13-15)19-8-18-14-27(6-4-20(18)24-11-19)22-16(2)7-17(9-23)10-25-22/h3,5,7-8,10-11,15H,4,6,12-14H2,1-2H3. The van der Waals surface area contributed by atoms with E-state index in [2.05, 4.69) is 49.7 Å². The van der Waals surface area contributed by atoms with E-state index in [0.29, 0.717) is 11.5 Å². The molecule has 1 unspecified atom stereocenters. The van der Waals surface area contributed by atoms with Gasteiger partial charge >= 0.3 is 0 Å². The molecular weight excluding hydrogens is 362 g/mol. The molecule has 0 N–H and O–H groups in total. The summed E-state index contributed by atoms with van der Waals surface area (Å²) in [7, 11) is 0. The highest BCUT2D eigenvalue weighted by Gasteiger charge is 2.26. The zero-order valence-corrected chi connectivity index (χ0v) is 16.7. The summed E-state index contributed by atoms with van der Waals surface area (Å²) in [6.45, 7) is 7.85. The second kappa shape index (κ2) is 6.89. The van der Waals surface area contributed by atoms with Crippen LogP contribution >= 0.6 is 0 Å². The van der Waals surface area contributed by atoms with Crippen LogP contribution in [0.5, 0.6) is 0 Å². The van der Waals surface area contributed by atoms with Gasteiger partial charge in [-0.2, -0.15) is 10.4 Å². The number of fused-ring (bicyclic) bond motifs is 2. The summed E-state index contributed by atoms with van der Waals surface area (Å²) in [5.41, 5.74) is 5.15. The van der Waals surface area contributed by atoms with E-state index in [-0.39, 0.29) is 0 Å². The van der Waals surface area contributed by atoms with Crippen LogP contribution < -0.4 is 9.80 Å². The van der Waals surface area contributed by atoms with E-state index < -0.39 is 0 Å². The van der Waals surface area contributed by atoms with Crippen LogP contribution in [0.2, 0.25) is 0 Å². The summed E-state index contributed by atoms with van der Waals surface area (Å²) >= 11 is 0. The molecule has 0 radical (unpaired) electrons. The molecule has 0 saturated heterocycles. The lowest BCUT2D eigenvalue weighted by Crippen LogP contribution is -2.35. The van der Waals surface area contributed by atoms with E-state index in [1.165, 1.54) is 5.56 Å². The molecule has 0 bridgehead atoms. The van der Waals surface area contributed by atoms with Gasteiger partial charge in [0.1, 0.15) is 17.7 Å². The fourth-order valence-electron chi connectivity index (χ4n) is 4.39. The molecule has 0 saturated carbocycles. The molecule has 146 valence electrons. The number of aromatic nitrogens is 4. The number of hydrogen-bond acceptors (Lipinski definition) is 6. The van der Waals surface area contributed by atoms with Crippen LogP contribution in [0.15, 0.2) is 36.8 Å². The number of nitriles is 1. The van der Waals surface area contributed by atoms with Gasteiger partial charge in [-0.25, -0.2) is 9.67 Å². The molecule has 0 spiro atoms. The first-order valence-corrected chi connectivity index (χ1v) is 10.0. The van der Waals surface area contributed by atoms with Crippen molar-refractivity contribution in [2.24, 2.45) is 5.92 Å². The Morgan fingerprint density at radius 3 is 2.90 bits per heavy atom. The molecule has 3 aromatic rings. The summed E-state index contributed by atoms with van der Waals surface area (Å²) in [6.07, 6.45) is 6.41. The number of aryl methyl sites for hydroxylation is 1. The zero-order valence-electron chi connectivity index (χ0n) is 16.7. The van der Waals surface area contributed by atoms with Gasteiger partial charge < -0.3 is 9.80 Å². The summed E-state index contributed by atoms with van der Waals surface area (Å²) < 4.78 is 2.07. The van der Waals surface area contributed by atoms with Crippen LogP contribution in [0.4, 0.5) is 17.3 Å². The van der Waals surface area contributed by atoms with Gasteiger partial charge in [0, 0.05) is 50.6 Å². The average molecular weight is 385 g/mol. The van der Waals surface area contributed by atoms with E-state index in [4.69, 9.17) is 10.2 Å². The Bertz CT molecular complexity index is 1110. The molecule has 5 heterocycles. The first kappa shape index (κ1) is 17.7. The van der Waals surface area contributed by atoms with Crippen molar-refractivity contribution in [1.29, 1.82) is 5.26 Å². The normalized spacial score (nSPS) is 18.2. The van der Waals surface area contributed by atoms with E-state index in [0.717, 1.165) is 61.2 Å². The Morgan fingerprint density at radius 1 is 1.17 bits per heavy atom. The lowest BCUT2D eigenvalue weighted by Gasteiger charge is -2.35. The van der Waals surface area contributed by atoms with Gasteiger partial charge in [-0.3, -0.25) is 4.98 Å². The highest BCUT2D eigenvalue weighted by atomic mass is 15.4. The third-order valence-electron chi connectivity index (χ3n) is 5.77. The molecule has 0 aliphatic carbocycles.